The highest BCUT2D eigenvalue weighted by molar-refractivity contribution is 5.81. The topological polar surface area (TPSA) is 63.6 Å². The molecule has 1 aliphatic rings. The smallest absolute Gasteiger partial charge is 0.330 e. The molecule has 1 N–H and O–H groups in total. The van der Waals surface area contributed by atoms with Gasteiger partial charge in [0.2, 0.25) is 0 Å². The van der Waals surface area contributed by atoms with E-state index in [2.05, 4.69) is 6.58 Å². The van der Waals surface area contributed by atoms with Gasteiger partial charge in [-0.25, -0.2) is 4.79 Å². The zero-order valence-corrected chi connectivity index (χ0v) is 8.65. The molecule has 4 heteroatoms. The van der Waals surface area contributed by atoms with Gasteiger partial charge in [-0.15, -0.1) is 0 Å². The summed E-state index contributed by atoms with van der Waals surface area (Å²) >= 11 is 0. The average Bonchev–Trinajstić information content (AvgIpc) is 2.17. The number of hydrogen-bond acceptors (Lipinski definition) is 3. The second-order valence-electron chi connectivity index (χ2n) is 3.89. The van der Waals surface area contributed by atoms with E-state index >= 15 is 0 Å². The number of hydrogen-bond donors (Lipinski definition) is 1. The Morgan fingerprint density at radius 2 is 2.20 bits per heavy atom. The lowest BCUT2D eigenvalue weighted by Gasteiger charge is -2.27. The summed E-state index contributed by atoms with van der Waals surface area (Å²) < 4.78 is 5.10. The number of rotatable bonds is 4. The zero-order valence-electron chi connectivity index (χ0n) is 8.65. The molecule has 4 nitrogen and oxygen atoms in total. The maximum Gasteiger partial charge on any atom is 0.330 e. The zero-order chi connectivity index (χ0) is 11.3. The first-order valence-corrected chi connectivity index (χ1v) is 5.16. The lowest BCUT2D eigenvalue weighted by atomic mass is 9.85. The average molecular weight is 212 g/mol. The lowest BCUT2D eigenvalue weighted by molar-refractivity contribution is -0.145. The summed E-state index contributed by atoms with van der Waals surface area (Å²) in [6, 6.07) is 0. The molecule has 1 rings (SSSR count). The van der Waals surface area contributed by atoms with Gasteiger partial charge in [-0.1, -0.05) is 6.58 Å². The maximum absolute atomic E-state index is 11.0. The minimum Gasteiger partial charge on any atom is -0.481 e. The van der Waals surface area contributed by atoms with Crippen molar-refractivity contribution in [2.24, 2.45) is 5.92 Å². The number of aliphatic carboxylic acids is 1. The third kappa shape index (κ3) is 4.14. The van der Waals surface area contributed by atoms with E-state index in [1.165, 1.54) is 0 Å². The highest BCUT2D eigenvalue weighted by Gasteiger charge is 2.25. The van der Waals surface area contributed by atoms with Gasteiger partial charge in [0.1, 0.15) is 6.10 Å². The van der Waals surface area contributed by atoms with Crippen molar-refractivity contribution >= 4 is 11.9 Å². The third-order valence-corrected chi connectivity index (χ3v) is 2.65. The Morgan fingerprint density at radius 1 is 1.47 bits per heavy atom. The molecule has 84 valence electrons. The minimum atomic E-state index is -0.782. The fourth-order valence-electron chi connectivity index (χ4n) is 1.99. The van der Waals surface area contributed by atoms with Crippen LogP contribution in [0.1, 0.15) is 32.1 Å². The van der Waals surface area contributed by atoms with Crippen LogP contribution in [-0.4, -0.2) is 23.1 Å². The van der Waals surface area contributed by atoms with E-state index in [0.29, 0.717) is 6.42 Å². The molecule has 0 aromatic heterocycles. The molecule has 0 aliphatic heterocycles. The van der Waals surface area contributed by atoms with Gasteiger partial charge in [-0.3, -0.25) is 4.79 Å². The number of carboxylic acids is 1. The molecule has 0 amide bonds. The molecule has 0 heterocycles. The van der Waals surface area contributed by atoms with E-state index in [4.69, 9.17) is 9.84 Å². The van der Waals surface area contributed by atoms with Gasteiger partial charge in [-0.2, -0.15) is 0 Å². The highest BCUT2D eigenvalue weighted by atomic mass is 16.5. The predicted octanol–water partition coefficient (Wildman–Crippen LogP) is 1.75. The van der Waals surface area contributed by atoms with Crippen molar-refractivity contribution in [2.45, 2.75) is 38.2 Å². The fourth-order valence-corrected chi connectivity index (χ4v) is 1.99. The summed E-state index contributed by atoms with van der Waals surface area (Å²) in [4.78, 5) is 21.5. The largest absolute Gasteiger partial charge is 0.481 e. The monoisotopic (exact) mass is 212 g/mol. The summed E-state index contributed by atoms with van der Waals surface area (Å²) in [5.74, 6) is -1.06. The van der Waals surface area contributed by atoms with Crippen LogP contribution in [0.2, 0.25) is 0 Å². The molecular weight excluding hydrogens is 196 g/mol. The van der Waals surface area contributed by atoms with Gasteiger partial charge >= 0.3 is 11.9 Å². The molecule has 1 saturated carbocycles. The molecule has 0 radical (unpaired) electrons. The molecule has 0 aromatic carbocycles. The Kier molecular flexibility index (Phi) is 4.34. The summed E-state index contributed by atoms with van der Waals surface area (Å²) in [6.07, 6.45) is 4.50. The van der Waals surface area contributed by atoms with Crippen LogP contribution in [-0.2, 0) is 14.3 Å². The first kappa shape index (κ1) is 11.8. The Labute approximate surface area is 88.9 Å². The Bertz CT molecular complexity index is 259. The molecule has 2 unspecified atom stereocenters. The SMILES string of the molecule is C=CC(=O)OC1CCCC(CC(=O)O)C1. The van der Waals surface area contributed by atoms with Crippen LogP contribution >= 0.6 is 0 Å². The first-order valence-electron chi connectivity index (χ1n) is 5.16. The van der Waals surface area contributed by atoms with Gasteiger partial charge in [0.15, 0.2) is 0 Å². The highest BCUT2D eigenvalue weighted by Crippen LogP contribution is 2.28. The van der Waals surface area contributed by atoms with Crippen molar-refractivity contribution in [3.63, 3.8) is 0 Å². The second-order valence-corrected chi connectivity index (χ2v) is 3.89. The van der Waals surface area contributed by atoms with E-state index < -0.39 is 11.9 Å². The van der Waals surface area contributed by atoms with E-state index in [1.807, 2.05) is 0 Å². The van der Waals surface area contributed by atoms with Crippen molar-refractivity contribution in [3.8, 4) is 0 Å². The number of esters is 1. The van der Waals surface area contributed by atoms with Crippen LogP contribution in [0.5, 0.6) is 0 Å². The summed E-state index contributed by atoms with van der Waals surface area (Å²) in [5, 5.41) is 8.66. The van der Waals surface area contributed by atoms with Crippen molar-refractivity contribution in [3.05, 3.63) is 12.7 Å². The quantitative estimate of drug-likeness (QED) is 0.569. The number of carboxylic acid groups (broad SMARTS) is 1. The number of carbonyl (C=O) groups is 2. The number of carbonyl (C=O) groups excluding carboxylic acids is 1. The van der Waals surface area contributed by atoms with Crippen molar-refractivity contribution in [1.82, 2.24) is 0 Å². The first-order chi connectivity index (χ1) is 7.11. The summed E-state index contributed by atoms with van der Waals surface area (Å²) in [6.45, 7) is 3.32. The maximum atomic E-state index is 11.0. The van der Waals surface area contributed by atoms with Crippen LogP contribution in [0.15, 0.2) is 12.7 Å². The number of ether oxygens (including phenoxy) is 1. The van der Waals surface area contributed by atoms with Crippen LogP contribution < -0.4 is 0 Å². The lowest BCUT2D eigenvalue weighted by Crippen LogP contribution is -2.26. The molecule has 1 fully saturated rings. The Hall–Kier alpha value is -1.32. The van der Waals surface area contributed by atoms with Gasteiger partial charge < -0.3 is 9.84 Å². The van der Waals surface area contributed by atoms with Crippen molar-refractivity contribution in [2.75, 3.05) is 0 Å². The second kappa shape index (κ2) is 5.53. The van der Waals surface area contributed by atoms with Crippen molar-refractivity contribution < 1.29 is 19.4 Å². The molecule has 1 aliphatic carbocycles. The Balaban J connectivity index is 2.38. The van der Waals surface area contributed by atoms with Crippen LogP contribution in [0.4, 0.5) is 0 Å². The molecule has 0 bridgehead atoms. The fraction of sp³-hybridized carbons (Fsp3) is 0.636. The van der Waals surface area contributed by atoms with Crippen LogP contribution in [0.3, 0.4) is 0 Å². The van der Waals surface area contributed by atoms with Crippen molar-refractivity contribution in [1.29, 1.82) is 0 Å². The molecule has 2 atom stereocenters. The molecule has 0 saturated heterocycles. The van der Waals surface area contributed by atoms with E-state index in [1.54, 1.807) is 0 Å². The van der Waals surface area contributed by atoms with E-state index in [-0.39, 0.29) is 18.4 Å². The summed E-state index contributed by atoms with van der Waals surface area (Å²) in [7, 11) is 0. The normalized spacial score (nSPS) is 25.6. The molecule has 0 spiro atoms. The molecular formula is C11H16O4. The predicted molar refractivity (Wildman–Crippen MR) is 54.3 cm³/mol. The van der Waals surface area contributed by atoms with Crippen LogP contribution in [0.25, 0.3) is 0 Å². The van der Waals surface area contributed by atoms with Gasteiger partial charge in [-0.05, 0) is 31.6 Å². The van der Waals surface area contributed by atoms with Gasteiger partial charge in [0.05, 0.1) is 0 Å². The molecule has 0 aromatic rings. The van der Waals surface area contributed by atoms with Crippen LogP contribution in [0, 0.1) is 5.92 Å². The van der Waals surface area contributed by atoms with Gasteiger partial charge in [0, 0.05) is 12.5 Å². The molecule has 15 heavy (non-hydrogen) atoms. The minimum absolute atomic E-state index is 0.131. The summed E-state index contributed by atoms with van der Waals surface area (Å²) in [5.41, 5.74) is 0. The van der Waals surface area contributed by atoms with E-state index in [0.717, 1.165) is 25.3 Å². The third-order valence-electron chi connectivity index (χ3n) is 2.65. The standard InChI is InChI=1S/C11H16O4/c1-2-11(14)15-9-5-3-4-8(6-9)7-10(12)13/h2,8-9H,1,3-7H2,(H,12,13). The Morgan fingerprint density at radius 3 is 2.80 bits per heavy atom. The van der Waals surface area contributed by atoms with Gasteiger partial charge in [0.25, 0.3) is 0 Å². The van der Waals surface area contributed by atoms with E-state index in [9.17, 15) is 9.59 Å².